The number of anilines is 1. The lowest BCUT2D eigenvalue weighted by atomic mass is 10.1. The Hall–Kier alpha value is -1.36. The van der Waals surface area contributed by atoms with E-state index in [9.17, 15) is 4.79 Å². The van der Waals surface area contributed by atoms with Gasteiger partial charge in [-0.2, -0.15) is 0 Å². The number of benzene rings is 2. The summed E-state index contributed by atoms with van der Waals surface area (Å²) < 4.78 is 1.06. The first-order valence-corrected chi connectivity index (χ1v) is 6.92. The topological polar surface area (TPSA) is 29.1 Å². The van der Waals surface area contributed by atoms with Crippen molar-refractivity contribution in [3.05, 3.63) is 63.7 Å². The summed E-state index contributed by atoms with van der Waals surface area (Å²) in [5, 5.41) is 2.93. The Morgan fingerprint density at radius 3 is 2.39 bits per heavy atom. The second-order valence-electron chi connectivity index (χ2n) is 4.01. The third kappa shape index (κ3) is 3.84. The number of hydrogen-bond donors (Lipinski definition) is 1. The van der Waals surface area contributed by atoms with E-state index in [4.69, 9.17) is 0 Å². The lowest BCUT2D eigenvalue weighted by Gasteiger charge is -2.07. The van der Waals surface area contributed by atoms with Crippen molar-refractivity contribution in [2.45, 2.75) is 12.8 Å². The molecule has 0 atom stereocenters. The predicted octanol–water partition coefficient (Wildman–Crippen LogP) is 3.86. The summed E-state index contributed by atoms with van der Waals surface area (Å²) in [6.07, 6.45) is 1.28. The van der Waals surface area contributed by atoms with Crippen molar-refractivity contribution in [3.8, 4) is 0 Å². The van der Waals surface area contributed by atoms with E-state index in [0.717, 1.165) is 15.7 Å². The SMILES string of the molecule is O=C(CCc1ccccc1)Nc1ccccc1I. The standard InChI is InChI=1S/C15H14INO/c16-13-8-4-5-9-14(13)17-15(18)11-10-12-6-2-1-3-7-12/h1-9H,10-11H2,(H,17,18). The van der Waals surface area contributed by atoms with Crippen LogP contribution in [0.5, 0.6) is 0 Å². The molecule has 0 bridgehead atoms. The van der Waals surface area contributed by atoms with Crippen LogP contribution in [0.4, 0.5) is 5.69 Å². The number of aryl methyl sites for hydroxylation is 1. The maximum Gasteiger partial charge on any atom is 0.224 e. The number of para-hydroxylation sites is 1. The molecule has 3 heteroatoms. The highest BCUT2D eigenvalue weighted by atomic mass is 127. The molecular weight excluding hydrogens is 337 g/mol. The van der Waals surface area contributed by atoms with Gasteiger partial charge in [0.1, 0.15) is 0 Å². The van der Waals surface area contributed by atoms with E-state index in [2.05, 4.69) is 27.9 Å². The molecule has 0 aromatic heterocycles. The molecule has 0 aliphatic heterocycles. The number of nitrogens with one attached hydrogen (secondary N) is 1. The van der Waals surface area contributed by atoms with Gasteiger partial charge in [-0.15, -0.1) is 0 Å². The van der Waals surface area contributed by atoms with Gasteiger partial charge >= 0.3 is 0 Å². The molecule has 2 nitrogen and oxygen atoms in total. The van der Waals surface area contributed by atoms with Crippen LogP contribution in [-0.4, -0.2) is 5.91 Å². The number of carbonyl (C=O) groups is 1. The van der Waals surface area contributed by atoms with E-state index in [-0.39, 0.29) is 5.91 Å². The van der Waals surface area contributed by atoms with Crippen LogP contribution in [-0.2, 0) is 11.2 Å². The molecule has 0 heterocycles. The van der Waals surface area contributed by atoms with Crippen LogP contribution in [0.2, 0.25) is 0 Å². The second-order valence-corrected chi connectivity index (χ2v) is 5.18. The molecule has 0 aliphatic carbocycles. The minimum absolute atomic E-state index is 0.0583. The van der Waals surface area contributed by atoms with Crippen LogP contribution in [0.3, 0.4) is 0 Å². The molecule has 0 saturated heterocycles. The maximum atomic E-state index is 11.8. The lowest BCUT2D eigenvalue weighted by molar-refractivity contribution is -0.116. The fraction of sp³-hybridized carbons (Fsp3) is 0.133. The molecule has 0 fully saturated rings. The van der Waals surface area contributed by atoms with Crippen LogP contribution in [0.1, 0.15) is 12.0 Å². The summed E-state index contributed by atoms with van der Waals surface area (Å²) in [5.74, 6) is 0.0583. The van der Waals surface area contributed by atoms with Crippen LogP contribution in [0.25, 0.3) is 0 Å². The van der Waals surface area contributed by atoms with Gasteiger partial charge in [0.05, 0.1) is 5.69 Å². The Labute approximate surface area is 121 Å². The highest BCUT2D eigenvalue weighted by Gasteiger charge is 2.05. The predicted molar refractivity (Wildman–Crippen MR) is 82.6 cm³/mol. The summed E-state index contributed by atoms with van der Waals surface area (Å²) in [4.78, 5) is 11.8. The molecule has 0 unspecified atom stereocenters. The average molecular weight is 351 g/mol. The molecule has 0 saturated carbocycles. The van der Waals surface area contributed by atoms with E-state index < -0.39 is 0 Å². The van der Waals surface area contributed by atoms with Crippen LogP contribution in [0.15, 0.2) is 54.6 Å². The van der Waals surface area contributed by atoms with Crippen LogP contribution in [0, 0.1) is 3.57 Å². The number of halogens is 1. The van der Waals surface area contributed by atoms with E-state index in [0.29, 0.717) is 6.42 Å². The van der Waals surface area contributed by atoms with Crippen molar-refractivity contribution in [2.24, 2.45) is 0 Å². The smallest absolute Gasteiger partial charge is 0.224 e. The summed E-state index contributed by atoms with van der Waals surface area (Å²) in [6, 6.07) is 17.8. The quantitative estimate of drug-likeness (QED) is 0.833. The number of carbonyl (C=O) groups excluding carboxylic acids is 1. The number of amides is 1. The van der Waals surface area contributed by atoms with Gasteiger partial charge in [0, 0.05) is 9.99 Å². The largest absolute Gasteiger partial charge is 0.325 e. The highest BCUT2D eigenvalue weighted by Crippen LogP contribution is 2.17. The van der Waals surface area contributed by atoms with Crippen LogP contribution >= 0.6 is 22.6 Å². The Bertz CT molecular complexity index is 525. The number of rotatable bonds is 4. The van der Waals surface area contributed by atoms with Gasteiger partial charge in [-0.1, -0.05) is 42.5 Å². The first-order valence-electron chi connectivity index (χ1n) is 5.84. The van der Waals surface area contributed by atoms with E-state index >= 15 is 0 Å². The lowest BCUT2D eigenvalue weighted by Crippen LogP contribution is -2.13. The molecule has 2 rings (SSSR count). The molecule has 2 aromatic carbocycles. The summed E-state index contributed by atoms with van der Waals surface area (Å²) in [7, 11) is 0. The highest BCUT2D eigenvalue weighted by molar-refractivity contribution is 14.1. The van der Waals surface area contributed by atoms with Gasteiger partial charge in [0.15, 0.2) is 0 Å². The number of hydrogen-bond acceptors (Lipinski definition) is 1. The summed E-state index contributed by atoms with van der Waals surface area (Å²) in [6.45, 7) is 0. The molecule has 0 radical (unpaired) electrons. The zero-order chi connectivity index (χ0) is 12.8. The average Bonchev–Trinajstić information content (AvgIpc) is 2.40. The van der Waals surface area contributed by atoms with Crippen molar-refractivity contribution in [3.63, 3.8) is 0 Å². The molecule has 0 spiro atoms. The van der Waals surface area contributed by atoms with Gasteiger partial charge in [0.2, 0.25) is 5.91 Å². The first kappa shape index (κ1) is 13.1. The third-order valence-corrected chi connectivity index (χ3v) is 3.57. The van der Waals surface area contributed by atoms with Crippen molar-refractivity contribution in [1.29, 1.82) is 0 Å². The molecule has 2 aromatic rings. The molecule has 92 valence electrons. The van der Waals surface area contributed by atoms with E-state index in [1.165, 1.54) is 5.56 Å². The third-order valence-electron chi connectivity index (χ3n) is 2.63. The monoisotopic (exact) mass is 351 g/mol. The van der Waals surface area contributed by atoms with Gasteiger partial charge in [-0.3, -0.25) is 4.79 Å². The Morgan fingerprint density at radius 1 is 1.00 bits per heavy atom. The fourth-order valence-corrected chi connectivity index (χ4v) is 2.20. The van der Waals surface area contributed by atoms with Crippen molar-refractivity contribution >= 4 is 34.2 Å². The van der Waals surface area contributed by atoms with Crippen molar-refractivity contribution in [1.82, 2.24) is 0 Å². The van der Waals surface area contributed by atoms with E-state index in [1.807, 2.05) is 54.6 Å². The van der Waals surface area contributed by atoms with Gasteiger partial charge in [0.25, 0.3) is 0 Å². The molecular formula is C15H14INO. The maximum absolute atomic E-state index is 11.8. The van der Waals surface area contributed by atoms with Crippen molar-refractivity contribution < 1.29 is 4.79 Å². The Morgan fingerprint density at radius 2 is 1.67 bits per heavy atom. The van der Waals surface area contributed by atoms with Gasteiger partial charge < -0.3 is 5.32 Å². The van der Waals surface area contributed by atoms with Gasteiger partial charge in [-0.05, 0) is 46.7 Å². The molecule has 1 N–H and O–H groups in total. The minimum atomic E-state index is 0.0583. The molecule has 1 amide bonds. The molecule has 0 aliphatic rings. The van der Waals surface area contributed by atoms with Gasteiger partial charge in [-0.25, -0.2) is 0 Å². The Kier molecular flexibility index (Phi) is 4.75. The summed E-state index contributed by atoms with van der Waals surface area (Å²) >= 11 is 2.22. The normalized spacial score (nSPS) is 10.1. The van der Waals surface area contributed by atoms with E-state index in [1.54, 1.807) is 0 Å². The second kappa shape index (κ2) is 6.54. The zero-order valence-electron chi connectivity index (χ0n) is 9.90. The first-order chi connectivity index (χ1) is 8.75. The Balaban J connectivity index is 1.88. The fourth-order valence-electron chi connectivity index (χ4n) is 1.68. The summed E-state index contributed by atoms with van der Waals surface area (Å²) in [5.41, 5.74) is 2.08. The molecule has 18 heavy (non-hydrogen) atoms. The minimum Gasteiger partial charge on any atom is -0.325 e. The van der Waals surface area contributed by atoms with Crippen LogP contribution < -0.4 is 5.32 Å². The zero-order valence-corrected chi connectivity index (χ0v) is 12.1. The van der Waals surface area contributed by atoms with Crippen molar-refractivity contribution in [2.75, 3.05) is 5.32 Å².